The van der Waals surface area contributed by atoms with Crippen LogP contribution in [0.2, 0.25) is 0 Å². The van der Waals surface area contributed by atoms with E-state index >= 15 is 0 Å². The van der Waals surface area contributed by atoms with Crippen molar-refractivity contribution in [3.05, 3.63) is 54.2 Å². The van der Waals surface area contributed by atoms with Crippen LogP contribution in [0.15, 0.2) is 53.4 Å². The summed E-state index contributed by atoms with van der Waals surface area (Å²) in [7, 11) is 0. The van der Waals surface area contributed by atoms with Crippen molar-refractivity contribution >= 4 is 39.9 Å². The Labute approximate surface area is 254 Å². The fraction of sp³-hybridized carbons (Fsp3) is 0.469. The predicted octanol–water partition coefficient (Wildman–Crippen LogP) is 5.25. The lowest BCUT2D eigenvalue weighted by atomic mass is 10.0. The molecule has 0 unspecified atom stereocenters. The van der Waals surface area contributed by atoms with E-state index < -0.39 is 12.7 Å². The van der Waals surface area contributed by atoms with Gasteiger partial charge in [-0.1, -0.05) is 12.0 Å². The van der Waals surface area contributed by atoms with E-state index in [1.54, 1.807) is 30.0 Å². The molecule has 3 heterocycles. The number of likely N-dealkylation sites (tertiary alicyclic amines) is 2. The number of benzene rings is 2. The highest BCUT2D eigenvalue weighted by Crippen LogP contribution is 2.31. The Hall–Kier alpha value is -3.33. The number of rotatable bonds is 8. The summed E-state index contributed by atoms with van der Waals surface area (Å²) in [6.45, 7) is 2.28. The molecule has 7 nitrogen and oxygen atoms in total. The summed E-state index contributed by atoms with van der Waals surface area (Å²) in [5, 5.41) is 17.2. The molecule has 0 aliphatic carbocycles. The van der Waals surface area contributed by atoms with Gasteiger partial charge in [-0.05, 0) is 80.3 Å². The molecule has 2 aliphatic rings. The number of aromatic nitrogens is 1. The lowest BCUT2D eigenvalue weighted by molar-refractivity contribution is -0.140. The average Bonchev–Trinajstić information content (AvgIpc) is 3.33. The fourth-order valence-electron chi connectivity index (χ4n) is 5.72. The molecule has 5 rings (SSSR count). The molecule has 2 fully saturated rings. The number of hydrogen-bond acceptors (Lipinski definition) is 6. The van der Waals surface area contributed by atoms with Crippen molar-refractivity contribution in [1.82, 2.24) is 14.4 Å². The highest BCUT2D eigenvalue weighted by Gasteiger charge is 2.30. The molecule has 43 heavy (non-hydrogen) atoms. The van der Waals surface area contributed by atoms with Crippen molar-refractivity contribution in [2.24, 2.45) is 0 Å². The fourth-order valence-corrected chi connectivity index (χ4v) is 6.12. The largest absolute Gasteiger partial charge is 0.406 e. The highest BCUT2D eigenvalue weighted by molar-refractivity contribution is 7.98. The van der Waals surface area contributed by atoms with Crippen LogP contribution in [0.4, 0.5) is 24.5 Å². The SMILES string of the molecule is CSc1ccc(NCC#Cc2cc3c(NC4CCN(CC(=O)N5CCC(O)CC5)CC4)cccc3n2CC(F)(F)F)cc1. The van der Waals surface area contributed by atoms with Crippen molar-refractivity contribution < 1.29 is 23.1 Å². The minimum absolute atomic E-state index is 0.103. The molecule has 3 aromatic rings. The second-order valence-corrected chi connectivity index (χ2v) is 12.0. The van der Waals surface area contributed by atoms with E-state index in [1.165, 1.54) is 4.57 Å². The van der Waals surface area contributed by atoms with Gasteiger partial charge in [0.2, 0.25) is 5.91 Å². The number of carbonyl (C=O) groups is 1. The Kier molecular flexibility index (Phi) is 10.1. The molecule has 2 aromatic carbocycles. The third kappa shape index (κ3) is 8.40. The van der Waals surface area contributed by atoms with Gasteiger partial charge in [-0.25, -0.2) is 0 Å². The van der Waals surface area contributed by atoms with Crippen LogP contribution < -0.4 is 10.6 Å². The van der Waals surface area contributed by atoms with Crippen LogP contribution in [0.3, 0.4) is 0 Å². The van der Waals surface area contributed by atoms with Crippen LogP contribution in [0.25, 0.3) is 10.9 Å². The predicted molar refractivity (Wildman–Crippen MR) is 166 cm³/mol. The molecular formula is C32H38F3N5O2S. The van der Waals surface area contributed by atoms with Gasteiger partial charge in [0.05, 0.1) is 30.4 Å². The second kappa shape index (κ2) is 14.0. The van der Waals surface area contributed by atoms with Gasteiger partial charge >= 0.3 is 6.18 Å². The Balaban J connectivity index is 1.24. The number of halogens is 3. The zero-order chi connectivity index (χ0) is 30.4. The van der Waals surface area contributed by atoms with Crippen molar-refractivity contribution in [2.45, 2.75) is 55.4 Å². The molecule has 0 saturated carbocycles. The summed E-state index contributed by atoms with van der Waals surface area (Å²) in [4.78, 5) is 17.8. The Morgan fingerprint density at radius 1 is 1.05 bits per heavy atom. The number of aliphatic hydroxyl groups is 1. The number of carbonyl (C=O) groups excluding carboxylic acids is 1. The summed E-state index contributed by atoms with van der Waals surface area (Å²) in [5.41, 5.74) is 2.49. The lowest BCUT2D eigenvalue weighted by Gasteiger charge is -2.35. The zero-order valence-electron chi connectivity index (χ0n) is 24.3. The molecule has 0 atom stereocenters. The smallest absolute Gasteiger partial charge is 0.393 e. The Morgan fingerprint density at radius 3 is 2.44 bits per heavy atom. The topological polar surface area (TPSA) is 72.8 Å². The molecule has 1 aromatic heterocycles. The molecule has 2 saturated heterocycles. The third-order valence-electron chi connectivity index (χ3n) is 8.09. The number of hydrogen-bond donors (Lipinski definition) is 3. The van der Waals surface area contributed by atoms with Crippen LogP contribution in [-0.4, -0.2) is 89.2 Å². The standard InChI is InChI=1S/C32H38F3N5O2S/c1-43-27-9-7-23(8-10-27)36-15-3-4-25-20-28-29(5-2-6-30(28)40(25)22-32(33,34)35)37-24-11-16-38(17-12-24)21-31(42)39-18-13-26(41)14-19-39/h2,5-10,20,24,26,36-37,41H,11-19,21-22H2,1H3. The molecule has 230 valence electrons. The summed E-state index contributed by atoms with van der Waals surface area (Å²) >= 11 is 1.65. The molecule has 0 radical (unpaired) electrons. The van der Waals surface area contributed by atoms with E-state index in [0.29, 0.717) is 55.6 Å². The highest BCUT2D eigenvalue weighted by atomic mass is 32.2. The van der Waals surface area contributed by atoms with Crippen LogP contribution >= 0.6 is 11.8 Å². The number of alkyl halides is 3. The monoisotopic (exact) mass is 613 g/mol. The molecule has 0 spiro atoms. The first-order chi connectivity index (χ1) is 20.7. The first-order valence-electron chi connectivity index (χ1n) is 14.7. The first kappa shape index (κ1) is 31.1. The van der Waals surface area contributed by atoms with E-state index in [0.717, 1.165) is 42.2 Å². The Morgan fingerprint density at radius 2 is 1.77 bits per heavy atom. The van der Waals surface area contributed by atoms with E-state index in [9.17, 15) is 23.1 Å². The van der Waals surface area contributed by atoms with Gasteiger partial charge in [0.15, 0.2) is 0 Å². The van der Waals surface area contributed by atoms with E-state index in [-0.39, 0.29) is 18.1 Å². The van der Waals surface area contributed by atoms with E-state index in [2.05, 4.69) is 27.4 Å². The lowest BCUT2D eigenvalue weighted by Crippen LogP contribution is -2.47. The maximum Gasteiger partial charge on any atom is 0.406 e. The number of amides is 1. The number of aliphatic hydroxyl groups excluding tert-OH is 1. The van der Waals surface area contributed by atoms with Crippen LogP contribution in [0.5, 0.6) is 0 Å². The van der Waals surface area contributed by atoms with Gasteiger partial charge in [0.1, 0.15) is 6.54 Å². The van der Waals surface area contributed by atoms with Gasteiger partial charge in [-0.15, -0.1) is 11.8 Å². The second-order valence-electron chi connectivity index (χ2n) is 11.2. The summed E-state index contributed by atoms with van der Waals surface area (Å²) in [6.07, 6.45) is 0.211. The normalized spacial score (nSPS) is 17.1. The molecule has 3 N–H and O–H groups in total. The number of thioether (sulfide) groups is 1. The van der Waals surface area contributed by atoms with Crippen molar-refractivity contribution in [3.63, 3.8) is 0 Å². The van der Waals surface area contributed by atoms with Crippen LogP contribution in [-0.2, 0) is 11.3 Å². The number of anilines is 2. The van der Waals surface area contributed by atoms with Crippen molar-refractivity contribution in [2.75, 3.05) is 56.2 Å². The quantitative estimate of drug-likeness (QED) is 0.238. The summed E-state index contributed by atoms with van der Waals surface area (Å²) in [6, 6.07) is 15.2. The number of fused-ring (bicyclic) bond motifs is 1. The summed E-state index contributed by atoms with van der Waals surface area (Å²) in [5.74, 6) is 6.06. The van der Waals surface area contributed by atoms with Gasteiger partial charge in [-0.2, -0.15) is 13.2 Å². The molecule has 2 aliphatic heterocycles. The van der Waals surface area contributed by atoms with Crippen molar-refractivity contribution in [1.29, 1.82) is 0 Å². The summed E-state index contributed by atoms with van der Waals surface area (Å²) < 4.78 is 42.0. The average molecular weight is 614 g/mol. The Bertz CT molecular complexity index is 1450. The minimum atomic E-state index is -4.39. The van der Waals surface area contributed by atoms with Gasteiger partial charge in [0, 0.05) is 53.9 Å². The minimum Gasteiger partial charge on any atom is -0.393 e. The molecule has 0 bridgehead atoms. The van der Waals surface area contributed by atoms with Gasteiger partial charge in [-0.3, -0.25) is 9.69 Å². The van der Waals surface area contributed by atoms with Gasteiger partial charge in [0.25, 0.3) is 0 Å². The van der Waals surface area contributed by atoms with Gasteiger partial charge < -0.3 is 25.2 Å². The zero-order valence-corrected chi connectivity index (χ0v) is 25.1. The van der Waals surface area contributed by atoms with E-state index in [1.807, 2.05) is 41.5 Å². The number of nitrogens with zero attached hydrogens (tertiary/aromatic N) is 3. The van der Waals surface area contributed by atoms with Crippen molar-refractivity contribution in [3.8, 4) is 11.8 Å². The van der Waals surface area contributed by atoms with E-state index in [4.69, 9.17) is 0 Å². The van der Waals surface area contributed by atoms with Crippen LogP contribution in [0.1, 0.15) is 31.4 Å². The maximum absolute atomic E-state index is 13.6. The maximum atomic E-state index is 13.6. The van der Waals surface area contributed by atoms with Crippen LogP contribution in [0, 0.1) is 11.8 Å². The molecular weight excluding hydrogens is 575 g/mol. The first-order valence-corrected chi connectivity index (χ1v) is 15.9. The third-order valence-corrected chi connectivity index (χ3v) is 8.84. The molecule has 1 amide bonds. The number of nitrogens with one attached hydrogen (secondary N) is 2. The number of piperidine rings is 2. The molecule has 11 heteroatoms.